The summed E-state index contributed by atoms with van der Waals surface area (Å²) in [6, 6.07) is 15.5. The number of methoxy groups -OCH3 is 1. The van der Waals surface area contributed by atoms with Gasteiger partial charge in [0.05, 0.1) is 12.8 Å². The highest BCUT2D eigenvalue weighted by atomic mass is 79.9. The van der Waals surface area contributed by atoms with Crippen molar-refractivity contribution in [2.24, 2.45) is 0 Å². The van der Waals surface area contributed by atoms with Crippen LogP contribution in [-0.2, 0) is 6.54 Å². The summed E-state index contributed by atoms with van der Waals surface area (Å²) in [6.45, 7) is 6.52. The van der Waals surface area contributed by atoms with Crippen molar-refractivity contribution in [2.75, 3.05) is 12.4 Å². The van der Waals surface area contributed by atoms with E-state index in [0.29, 0.717) is 6.54 Å². The number of nitrogens with one attached hydrogen (secondary N) is 2. The minimum atomic E-state index is -0.233. The molecule has 0 saturated heterocycles. The van der Waals surface area contributed by atoms with Crippen molar-refractivity contribution in [2.45, 2.75) is 27.3 Å². The van der Waals surface area contributed by atoms with Gasteiger partial charge in [-0.25, -0.2) is 4.79 Å². The van der Waals surface area contributed by atoms with Crippen molar-refractivity contribution in [3.8, 4) is 11.4 Å². The maximum absolute atomic E-state index is 12.3. The predicted octanol–water partition coefficient (Wildman–Crippen LogP) is 5.50. The molecule has 0 saturated carbocycles. The number of rotatable bonds is 5. The van der Waals surface area contributed by atoms with E-state index in [0.717, 1.165) is 44.1 Å². The first-order valence-electron chi connectivity index (χ1n) is 9.03. The molecule has 5 nitrogen and oxygen atoms in total. The molecule has 0 aliphatic rings. The molecular formula is C22H24BrN3O2. The number of anilines is 1. The first-order chi connectivity index (χ1) is 13.4. The smallest absolute Gasteiger partial charge is 0.319 e. The molecule has 6 heteroatoms. The summed E-state index contributed by atoms with van der Waals surface area (Å²) in [7, 11) is 1.67. The van der Waals surface area contributed by atoms with Gasteiger partial charge in [0.1, 0.15) is 5.75 Å². The van der Waals surface area contributed by atoms with Crippen LogP contribution >= 0.6 is 15.9 Å². The number of carbonyl (C=O) groups is 1. The van der Waals surface area contributed by atoms with Gasteiger partial charge >= 0.3 is 6.03 Å². The second-order valence-electron chi connectivity index (χ2n) is 6.68. The summed E-state index contributed by atoms with van der Waals surface area (Å²) in [5.41, 5.74) is 6.03. The molecule has 3 rings (SSSR count). The molecule has 0 aliphatic heterocycles. The summed E-state index contributed by atoms with van der Waals surface area (Å²) >= 11 is 3.46. The normalized spacial score (nSPS) is 10.6. The Morgan fingerprint density at radius 2 is 1.86 bits per heavy atom. The third-order valence-corrected chi connectivity index (χ3v) is 5.61. The number of urea groups is 1. The SMILES string of the molecule is COc1ccccc1-n1c(C)cc(CNC(=O)Nc2ccc(Br)c(C)c2)c1C. The van der Waals surface area contributed by atoms with E-state index < -0.39 is 0 Å². The Morgan fingerprint density at radius 3 is 2.57 bits per heavy atom. The highest BCUT2D eigenvalue weighted by Gasteiger charge is 2.14. The Kier molecular flexibility index (Phi) is 6.09. The van der Waals surface area contributed by atoms with Gasteiger partial charge in [-0.2, -0.15) is 0 Å². The van der Waals surface area contributed by atoms with Gasteiger partial charge in [0.25, 0.3) is 0 Å². The van der Waals surface area contributed by atoms with Crippen molar-refractivity contribution in [3.63, 3.8) is 0 Å². The minimum absolute atomic E-state index is 0.233. The highest BCUT2D eigenvalue weighted by molar-refractivity contribution is 9.10. The first-order valence-corrected chi connectivity index (χ1v) is 9.82. The van der Waals surface area contributed by atoms with Gasteiger partial charge in [-0.3, -0.25) is 0 Å². The molecule has 0 unspecified atom stereocenters. The van der Waals surface area contributed by atoms with Crippen LogP contribution in [0.2, 0.25) is 0 Å². The fraction of sp³-hybridized carbons (Fsp3) is 0.227. The zero-order chi connectivity index (χ0) is 20.3. The Bertz CT molecular complexity index is 1010. The standard InChI is InChI=1S/C22H24BrN3O2/c1-14-11-18(9-10-19(14)23)25-22(27)24-13-17-12-15(2)26(16(17)3)20-7-5-6-8-21(20)28-4/h5-12H,13H2,1-4H3,(H2,24,25,27). The van der Waals surface area contributed by atoms with E-state index in [1.54, 1.807) is 7.11 Å². The number of aryl methyl sites for hydroxylation is 2. The predicted molar refractivity (Wildman–Crippen MR) is 117 cm³/mol. The monoisotopic (exact) mass is 441 g/mol. The Balaban J connectivity index is 1.73. The van der Waals surface area contributed by atoms with E-state index in [1.807, 2.05) is 63.2 Å². The molecule has 0 spiro atoms. The van der Waals surface area contributed by atoms with E-state index in [4.69, 9.17) is 4.74 Å². The molecule has 146 valence electrons. The van der Waals surface area contributed by atoms with Crippen LogP contribution in [0.15, 0.2) is 53.0 Å². The number of para-hydroxylation sites is 2. The number of benzene rings is 2. The van der Waals surface area contributed by atoms with Crippen LogP contribution in [0, 0.1) is 20.8 Å². The van der Waals surface area contributed by atoms with Crippen LogP contribution in [0.3, 0.4) is 0 Å². The number of ether oxygens (including phenoxy) is 1. The molecule has 0 atom stereocenters. The van der Waals surface area contributed by atoms with Crippen molar-refractivity contribution >= 4 is 27.6 Å². The number of amides is 2. The van der Waals surface area contributed by atoms with Gasteiger partial charge in [0.2, 0.25) is 0 Å². The van der Waals surface area contributed by atoms with E-state index in [-0.39, 0.29) is 6.03 Å². The second-order valence-corrected chi connectivity index (χ2v) is 7.53. The van der Waals surface area contributed by atoms with E-state index in [2.05, 4.69) is 37.2 Å². The van der Waals surface area contributed by atoms with Crippen molar-refractivity contribution in [1.29, 1.82) is 0 Å². The zero-order valence-electron chi connectivity index (χ0n) is 16.5. The van der Waals surface area contributed by atoms with E-state index in [9.17, 15) is 4.79 Å². The van der Waals surface area contributed by atoms with Crippen molar-refractivity contribution < 1.29 is 9.53 Å². The topological polar surface area (TPSA) is 55.3 Å². The van der Waals surface area contributed by atoms with Gasteiger partial charge in [-0.1, -0.05) is 28.1 Å². The summed E-state index contributed by atoms with van der Waals surface area (Å²) in [4.78, 5) is 12.3. The molecule has 2 amide bonds. The fourth-order valence-corrected chi connectivity index (χ4v) is 3.51. The molecule has 1 aromatic heterocycles. The van der Waals surface area contributed by atoms with Crippen molar-refractivity contribution in [3.05, 3.63) is 75.5 Å². The first kappa shape index (κ1) is 20.0. The van der Waals surface area contributed by atoms with Gasteiger partial charge in [-0.05, 0) is 68.3 Å². The average Bonchev–Trinajstić information content (AvgIpc) is 2.96. The van der Waals surface area contributed by atoms with E-state index >= 15 is 0 Å². The summed E-state index contributed by atoms with van der Waals surface area (Å²) in [6.07, 6.45) is 0. The molecule has 0 fully saturated rings. The molecule has 0 aliphatic carbocycles. The lowest BCUT2D eigenvalue weighted by Gasteiger charge is -2.14. The lowest BCUT2D eigenvalue weighted by atomic mass is 10.2. The lowest BCUT2D eigenvalue weighted by Crippen LogP contribution is -2.28. The van der Waals surface area contributed by atoms with Crippen molar-refractivity contribution in [1.82, 2.24) is 9.88 Å². The molecule has 0 bridgehead atoms. The van der Waals surface area contributed by atoms with Crippen LogP contribution in [0.5, 0.6) is 5.75 Å². The van der Waals surface area contributed by atoms with Crippen LogP contribution in [-0.4, -0.2) is 17.7 Å². The molecule has 2 N–H and O–H groups in total. The van der Waals surface area contributed by atoms with Gasteiger partial charge in [0.15, 0.2) is 0 Å². The lowest BCUT2D eigenvalue weighted by molar-refractivity contribution is 0.251. The second kappa shape index (κ2) is 8.52. The largest absolute Gasteiger partial charge is 0.495 e. The Hall–Kier alpha value is -2.73. The number of hydrogen-bond donors (Lipinski definition) is 2. The minimum Gasteiger partial charge on any atom is -0.495 e. The fourth-order valence-electron chi connectivity index (χ4n) is 3.27. The van der Waals surface area contributed by atoms with E-state index in [1.165, 1.54) is 0 Å². The molecule has 28 heavy (non-hydrogen) atoms. The summed E-state index contributed by atoms with van der Waals surface area (Å²) < 4.78 is 8.66. The molecular weight excluding hydrogens is 418 g/mol. The third-order valence-electron chi connectivity index (χ3n) is 4.72. The maximum atomic E-state index is 12.3. The van der Waals surface area contributed by atoms with Crippen LogP contribution in [0.25, 0.3) is 5.69 Å². The Labute approximate surface area is 173 Å². The van der Waals surface area contributed by atoms with Crippen LogP contribution < -0.4 is 15.4 Å². The van der Waals surface area contributed by atoms with Crippen LogP contribution in [0.4, 0.5) is 10.5 Å². The third kappa shape index (κ3) is 4.22. The molecule has 0 radical (unpaired) electrons. The Morgan fingerprint density at radius 1 is 1.11 bits per heavy atom. The van der Waals surface area contributed by atoms with Crippen LogP contribution in [0.1, 0.15) is 22.5 Å². The maximum Gasteiger partial charge on any atom is 0.319 e. The van der Waals surface area contributed by atoms with Gasteiger partial charge in [0, 0.05) is 28.1 Å². The molecule has 2 aromatic carbocycles. The van der Waals surface area contributed by atoms with Gasteiger partial charge < -0.3 is 19.9 Å². The summed E-state index contributed by atoms with van der Waals surface area (Å²) in [5.74, 6) is 0.812. The van der Waals surface area contributed by atoms with Gasteiger partial charge in [-0.15, -0.1) is 0 Å². The molecule has 1 heterocycles. The number of aromatic nitrogens is 1. The number of hydrogen-bond acceptors (Lipinski definition) is 2. The quantitative estimate of drug-likeness (QED) is 0.549. The zero-order valence-corrected chi connectivity index (χ0v) is 18.1. The average molecular weight is 442 g/mol. The summed E-state index contributed by atoms with van der Waals surface area (Å²) in [5, 5.41) is 5.81. The number of carbonyl (C=O) groups excluding carboxylic acids is 1. The number of nitrogens with zero attached hydrogens (tertiary/aromatic N) is 1. The molecule has 3 aromatic rings. The highest BCUT2D eigenvalue weighted by Crippen LogP contribution is 2.28. The number of halogens is 1.